The third-order valence-corrected chi connectivity index (χ3v) is 5.81. The molecule has 1 aromatic heterocycles. The lowest BCUT2D eigenvalue weighted by Gasteiger charge is -2.14. The standard InChI is InChI=1S/C23H20ClN3O2S/c1-29-15-14-27-22(28)21(30-23(27)25-18-6-3-2-4-7-18)16-20-8-5-13-26(20)19-11-9-17(24)10-12-19/h2-13,16H,14-15H2,1H3. The number of thioether (sulfide) groups is 1. The van der Waals surface area contributed by atoms with Crippen LogP contribution in [-0.4, -0.2) is 40.8 Å². The molecule has 0 atom stereocenters. The molecule has 7 heteroatoms. The number of halogens is 1. The first-order valence-corrected chi connectivity index (χ1v) is 10.6. The number of benzene rings is 2. The van der Waals surface area contributed by atoms with Crippen LogP contribution in [0, 0.1) is 0 Å². The smallest absolute Gasteiger partial charge is 0.266 e. The zero-order valence-electron chi connectivity index (χ0n) is 16.4. The Morgan fingerprint density at radius 3 is 2.57 bits per heavy atom. The molecule has 30 heavy (non-hydrogen) atoms. The van der Waals surface area contributed by atoms with Crippen LogP contribution in [0.2, 0.25) is 5.02 Å². The molecule has 1 amide bonds. The van der Waals surface area contributed by atoms with E-state index in [0.29, 0.717) is 28.2 Å². The molecule has 1 aliphatic rings. The molecule has 1 fully saturated rings. The number of ether oxygens (including phenoxy) is 1. The summed E-state index contributed by atoms with van der Waals surface area (Å²) < 4.78 is 7.20. The van der Waals surface area contributed by atoms with Gasteiger partial charge in [0.2, 0.25) is 0 Å². The second-order valence-electron chi connectivity index (χ2n) is 6.57. The fourth-order valence-electron chi connectivity index (χ4n) is 3.07. The predicted molar refractivity (Wildman–Crippen MR) is 123 cm³/mol. The van der Waals surface area contributed by atoms with E-state index in [4.69, 9.17) is 16.3 Å². The Labute approximate surface area is 184 Å². The number of carbonyl (C=O) groups excluding carboxylic acids is 1. The maximum absolute atomic E-state index is 13.1. The van der Waals surface area contributed by atoms with Crippen molar-refractivity contribution in [1.82, 2.24) is 9.47 Å². The summed E-state index contributed by atoms with van der Waals surface area (Å²) >= 11 is 7.39. The highest BCUT2D eigenvalue weighted by molar-refractivity contribution is 8.18. The van der Waals surface area contributed by atoms with Gasteiger partial charge in [0.1, 0.15) is 0 Å². The third kappa shape index (κ3) is 4.51. The van der Waals surface area contributed by atoms with Crippen LogP contribution < -0.4 is 0 Å². The number of methoxy groups -OCH3 is 1. The summed E-state index contributed by atoms with van der Waals surface area (Å²) in [5.41, 5.74) is 2.68. The predicted octanol–water partition coefficient (Wildman–Crippen LogP) is 5.38. The molecule has 0 N–H and O–H groups in total. The van der Waals surface area contributed by atoms with Gasteiger partial charge in [-0.25, -0.2) is 4.99 Å². The second kappa shape index (κ2) is 9.34. The van der Waals surface area contributed by atoms with Crippen molar-refractivity contribution in [2.75, 3.05) is 20.3 Å². The highest BCUT2D eigenvalue weighted by Crippen LogP contribution is 2.34. The number of amides is 1. The van der Waals surface area contributed by atoms with Crippen LogP contribution in [0.5, 0.6) is 0 Å². The summed E-state index contributed by atoms with van der Waals surface area (Å²) in [4.78, 5) is 20.1. The number of carbonyl (C=O) groups is 1. The van der Waals surface area contributed by atoms with Gasteiger partial charge in [-0.1, -0.05) is 29.8 Å². The number of nitrogens with zero attached hydrogens (tertiary/aromatic N) is 3. The van der Waals surface area contributed by atoms with Gasteiger partial charge in [-0.15, -0.1) is 0 Å². The van der Waals surface area contributed by atoms with Gasteiger partial charge >= 0.3 is 0 Å². The van der Waals surface area contributed by atoms with Crippen LogP contribution >= 0.6 is 23.4 Å². The lowest BCUT2D eigenvalue weighted by atomic mass is 10.3. The van der Waals surface area contributed by atoms with E-state index in [-0.39, 0.29) is 5.91 Å². The monoisotopic (exact) mass is 437 g/mol. The Kier molecular flexibility index (Phi) is 6.38. The van der Waals surface area contributed by atoms with Crippen LogP contribution in [0.3, 0.4) is 0 Å². The average molecular weight is 438 g/mol. The minimum Gasteiger partial charge on any atom is -0.383 e. The summed E-state index contributed by atoms with van der Waals surface area (Å²) in [6.07, 6.45) is 3.86. The van der Waals surface area contributed by atoms with Crippen molar-refractivity contribution < 1.29 is 9.53 Å². The van der Waals surface area contributed by atoms with E-state index in [0.717, 1.165) is 17.1 Å². The van der Waals surface area contributed by atoms with Crippen molar-refractivity contribution in [2.45, 2.75) is 0 Å². The van der Waals surface area contributed by atoms with Gasteiger partial charge in [0.15, 0.2) is 5.17 Å². The molecule has 0 spiro atoms. The van der Waals surface area contributed by atoms with Gasteiger partial charge in [0.25, 0.3) is 5.91 Å². The number of para-hydroxylation sites is 1. The van der Waals surface area contributed by atoms with Gasteiger partial charge in [-0.3, -0.25) is 9.69 Å². The van der Waals surface area contributed by atoms with Crippen molar-refractivity contribution in [3.63, 3.8) is 0 Å². The molecular formula is C23H20ClN3O2S. The number of aromatic nitrogens is 1. The fraction of sp³-hybridized carbons (Fsp3) is 0.130. The molecule has 152 valence electrons. The fourth-order valence-corrected chi connectivity index (χ4v) is 4.20. The van der Waals surface area contributed by atoms with Gasteiger partial charge in [-0.05, 0) is 66.4 Å². The van der Waals surface area contributed by atoms with Crippen LogP contribution in [0.4, 0.5) is 5.69 Å². The number of hydrogen-bond donors (Lipinski definition) is 0. The Bertz CT molecular complexity index is 1090. The Morgan fingerprint density at radius 1 is 1.07 bits per heavy atom. The van der Waals surface area contributed by atoms with E-state index in [9.17, 15) is 4.79 Å². The molecule has 0 radical (unpaired) electrons. The lowest BCUT2D eigenvalue weighted by molar-refractivity contribution is -0.122. The Morgan fingerprint density at radius 2 is 1.83 bits per heavy atom. The first kappa shape index (κ1) is 20.5. The van der Waals surface area contributed by atoms with E-state index < -0.39 is 0 Å². The van der Waals surface area contributed by atoms with E-state index >= 15 is 0 Å². The summed E-state index contributed by atoms with van der Waals surface area (Å²) in [5.74, 6) is -0.0735. The number of amidine groups is 1. The van der Waals surface area contributed by atoms with Crippen molar-refractivity contribution in [3.05, 3.63) is 88.5 Å². The zero-order chi connectivity index (χ0) is 20.9. The highest BCUT2D eigenvalue weighted by atomic mass is 35.5. The van der Waals surface area contributed by atoms with E-state index in [1.807, 2.05) is 83.6 Å². The van der Waals surface area contributed by atoms with Crippen LogP contribution in [0.25, 0.3) is 11.8 Å². The molecule has 2 aromatic carbocycles. The topological polar surface area (TPSA) is 46.8 Å². The van der Waals surface area contributed by atoms with Crippen LogP contribution in [-0.2, 0) is 9.53 Å². The molecule has 2 heterocycles. The molecule has 4 rings (SSSR count). The molecule has 1 aliphatic heterocycles. The van der Waals surface area contributed by atoms with E-state index in [2.05, 4.69) is 4.99 Å². The SMILES string of the molecule is COCCN1C(=O)C(=Cc2cccn2-c2ccc(Cl)cc2)SC1=Nc1ccccc1. The van der Waals surface area contributed by atoms with Gasteiger partial charge in [0.05, 0.1) is 23.7 Å². The maximum atomic E-state index is 13.1. The number of rotatable bonds is 6. The summed E-state index contributed by atoms with van der Waals surface area (Å²) in [5, 5.41) is 1.34. The normalized spacial score (nSPS) is 16.7. The summed E-state index contributed by atoms with van der Waals surface area (Å²) in [6, 6.07) is 21.1. The van der Waals surface area contributed by atoms with Crippen LogP contribution in [0.15, 0.2) is 82.8 Å². The van der Waals surface area contributed by atoms with E-state index in [1.54, 1.807) is 12.0 Å². The molecule has 3 aromatic rings. The molecule has 0 aliphatic carbocycles. The minimum atomic E-state index is -0.0735. The Hall–Kier alpha value is -2.80. The summed E-state index contributed by atoms with van der Waals surface area (Å²) in [7, 11) is 1.62. The quantitative estimate of drug-likeness (QED) is 0.486. The van der Waals surface area contributed by atoms with Gasteiger partial charge in [-0.2, -0.15) is 0 Å². The lowest BCUT2D eigenvalue weighted by Crippen LogP contribution is -2.32. The Balaban J connectivity index is 1.67. The first-order valence-electron chi connectivity index (χ1n) is 9.43. The molecule has 0 unspecified atom stereocenters. The van der Waals surface area contributed by atoms with Crippen molar-refractivity contribution in [2.24, 2.45) is 4.99 Å². The van der Waals surface area contributed by atoms with Gasteiger partial charge in [0, 0.05) is 29.7 Å². The third-order valence-electron chi connectivity index (χ3n) is 4.55. The molecule has 0 bridgehead atoms. The number of hydrogen-bond acceptors (Lipinski definition) is 4. The largest absolute Gasteiger partial charge is 0.383 e. The van der Waals surface area contributed by atoms with Crippen molar-refractivity contribution in [3.8, 4) is 5.69 Å². The average Bonchev–Trinajstić information content (AvgIpc) is 3.33. The number of aliphatic imine (C=N–C) groups is 1. The zero-order valence-corrected chi connectivity index (χ0v) is 17.9. The maximum Gasteiger partial charge on any atom is 0.266 e. The van der Waals surface area contributed by atoms with E-state index in [1.165, 1.54) is 11.8 Å². The molecule has 1 saturated heterocycles. The van der Waals surface area contributed by atoms with Crippen molar-refractivity contribution in [1.29, 1.82) is 0 Å². The molecule has 0 saturated carbocycles. The summed E-state index contributed by atoms with van der Waals surface area (Å²) in [6.45, 7) is 0.887. The first-order chi connectivity index (χ1) is 14.7. The molecular weight excluding hydrogens is 418 g/mol. The van der Waals surface area contributed by atoms with Crippen molar-refractivity contribution >= 4 is 46.2 Å². The highest BCUT2D eigenvalue weighted by Gasteiger charge is 2.33. The minimum absolute atomic E-state index is 0.0735. The van der Waals surface area contributed by atoms with Gasteiger partial charge < -0.3 is 9.30 Å². The van der Waals surface area contributed by atoms with Crippen LogP contribution in [0.1, 0.15) is 5.69 Å². The second-order valence-corrected chi connectivity index (χ2v) is 8.02. The molecule has 5 nitrogen and oxygen atoms in total.